The molecule has 0 aliphatic heterocycles. The van der Waals surface area contributed by atoms with Gasteiger partial charge in [0.1, 0.15) is 0 Å². The molecule has 1 aliphatic carbocycles. The van der Waals surface area contributed by atoms with Crippen LogP contribution in [0.25, 0.3) is 0 Å². The highest BCUT2D eigenvalue weighted by atomic mass is 16.2. The van der Waals surface area contributed by atoms with E-state index in [1.807, 2.05) is 44.0 Å². The van der Waals surface area contributed by atoms with Gasteiger partial charge in [-0.1, -0.05) is 13.0 Å². The molecule has 1 aromatic heterocycles. The molecule has 1 N–H and O–H groups in total. The number of rotatable bonds is 6. The Hall–Kier alpha value is -1.42. The number of hydrogen-bond acceptors (Lipinski definition) is 3. The lowest BCUT2D eigenvalue weighted by molar-refractivity contribution is -0.138. The second-order valence-corrected chi connectivity index (χ2v) is 5.68. The SMILES string of the molecule is CCNC(C)(C)C(=O)N(Cc1cccnc1)C1CC1. The summed E-state index contributed by atoms with van der Waals surface area (Å²) in [5.41, 5.74) is 0.592. The first-order valence-electron chi connectivity index (χ1n) is 6.99. The maximum atomic E-state index is 12.7. The molecule has 1 saturated carbocycles. The van der Waals surface area contributed by atoms with Gasteiger partial charge in [0, 0.05) is 25.0 Å². The zero-order valence-corrected chi connectivity index (χ0v) is 12.0. The summed E-state index contributed by atoms with van der Waals surface area (Å²) in [5.74, 6) is 0.181. The highest BCUT2D eigenvalue weighted by molar-refractivity contribution is 5.86. The van der Waals surface area contributed by atoms with Crippen LogP contribution in [0.4, 0.5) is 0 Å². The molecule has 2 rings (SSSR count). The standard InChI is InChI=1S/C15H23N3O/c1-4-17-15(2,3)14(19)18(13-7-8-13)11-12-6-5-9-16-10-12/h5-6,9-10,13,17H,4,7-8,11H2,1-3H3. The highest BCUT2D eigenvalue weighted by Gasteiger charge is 2.39. The number of nitrogens with one attached hydrogen (secondary N) is 1. The summed E-state index contributed by atoms with van der Waals surface area (Å²) in [6, 6.07) is 4.35. The molecular weight excluding hydrogens is 238 g/mol. The van der Waals surface area contributed by atoms with E-state index in [-0.39, 0.29) is 5.91 Å². The number of aromatic nitrogens is 1. The van der Waals surface area contributed by atoms with Crippen LogP contribution >= 0.6 is 0 Å². The van der Waals surface area contributed by atoms with E-state index >= 15 is 0 Å². The van der Waals surface area contributed by atoms with Crippen LogP contribution in [0.1, 0.15) is 39.2 Å². The molecule has 1 heterocycles. The Morgan fingerprint density at radius 3 is 2.79 bits per heavy atom. The van der Waals surface area contributed by atoms with Crippen LogP contribution in [0.15, 0.2) is 24.5 Å². The number of likely N-dealkylation sites (N-methyl/N-ethyl adjacent to an activating group) is 1. The van der Waals surface area contributed by atoms with Crippen molar-refractivity contribution in [1.82, 2.24) is 15.2 Å². The molecule has 0 saturated heterocycles. The third kappa shape index (κ3) is 3.53. The van der Waals surface area contributed by atoms with Crippen molar-refractivity contribution in [2.75, 3.05) is 6.54 Å². The number of carbonyl (C=O) groups is 1. The molecule has 0 atom stereocenters. The Morgan fingerprint density at radius 1 is 1.53 bits per heavy atom. The monoisotopic (exact) mass is 261 g/mol. The van der Waals surface area contributed by atoms with Crippen LogP contribution in [0.5, 0.6) is 0 Å². The second-order valence-electron chi connectivity index (χ2n) is 5.68. The van der Waals surface area contributed by atoms with Crippen LogP contribution in [0, 0.1) is 0 Å². The van der Waals surface area contributed by atoms with Crippen molar-refractivity contribution in [1.29, 1.82) is 0 Å². The van der Waals surface area contributed by atoms with Crippen LogP contribution in [0.2, 0.25) is 0 Å². The third-order valence-corrected chi connectivity index (χ3v) is 3.48. The minimum Gasteiger partial charge on any atom is -0.334 e. The summed E-state index contributed by atoms with van der Waals surface area (Å²) in [6.45, 7) is 7.39. The number of pyridine rings is 1. The lowest BCUT2D eigenvalue weighted by atomic mass is 10.0. The third-order valence-electron chi connectivity index (χ3n) is 3.48. The fourth-order valence-electron chi connectivity index (χ4n) is 2.32. The minimum atomic E-state index is -0.500. The maximum absolute atomic E-state index is 12.7. The molecule has 0 radical (unpaired) electrons. The van der Waals surface area contributed by atoms with Gasteiger partial charge < -0.3 is 10.2 Å². The minimum absolute atomic E-state index is 0.181. The van der Waals surface area contributed by atoms with Crippen molar-refractivity contribution in [3.05, 3.63) is 30.1 Å². The number of nitrogens with zero attached hydrogens (tertiary/aromatic N) is 2. The first-order chi connectivity index (χ1) is 9.04. The van der Waals surface area contributed by atoms with Gasteiger partial charge in [0.15, 0.2) is 0 Å². The van der Waals surface area contributed by atoms with E-state index in [0.29, 0.717) is 12.6 Å². The van der Waals surface area contributed by atoms with Crippen molar-refractivity contribution in [2.45, 2.75) is 51.7 Å². The van der Waals surface area contributed by atoms with Gasteiger partial charge in [0.05, 0.1) is 5.54 Å². The van der Waals surface area contributed by atoms with E-state index < -0.39 is 5.54 Å². The van der Waals surface area contributed by atoms with Crippen molar-refractivity contribution >= 4 is 5.91 Å². The molecule has 1 aromatic rings. The van der Waals surface area contributed by atoms with Gasteiger partial charge in [-0.3, -0.25) is 9.78 Å². The summed E-state index contributed by atoms with van der Waals surface area (Å²) < 4.78 is 0. The molecule has 0 bridgehead atoms. The van der Waals surface area contributed by atoms with Crippen molar-refractivity contribution in [3.63, 3.8) is 0 Å². The predicted molar refractivity (Wildman–Crippen MR) is 75.6 cm³/mol. The van der Waals surface area contributed by atoms with E-state index in [2.05, 4.69) is 10.3 Å². The second kappa shape index (κ2) is 5.70. The zero-order chi connectivity index (χ0) is 13.9. The largest absolute Gasteiger partial charge is 0.334 e. The van der Waals surface area contributed by atoms with Gasteiger partial charge in [-0.25, -0.2) is 0 Å². The molecule has 1 aliphatic rings. The van der Waals surface area contributed by atoms with Gasteiger partial charge in [0.2, 0.25) is 5.91 Å². The topological polar surface area (TPSA) is 45.2 Å². The number of hydrogen-bond donors (Lipinski definition) is 1. The van der Waals surface area contributed by atoms with E-state index in [0.717, 1.165) is 24.9 Å². The summed E-state index contributed by atoms with van der Waals surface area (Å²) >= 11 is 0. The summed E-state index contributed by atoms with van der Waals surface area (Å²) in [5, 5.41) is 3.26. The lowest BCUT2D eigenvalue weighted by Gasteiger charge is -2.32. The van der Waals surface area contributed by atoms with Crippen LogP contribution < -0.4 is 5.32 Å². The Morgan fingerprint density at radius 2 is 2.26 bits per heavy atom. The Labute approximate surface area is 115 Å². The fraction of sp³-hybridized carbons (Fsp3) is 0.600. The molecule has 19 heavy (non-hydrogen) atoms. The Balaban J connectivity index is 2.10. The van der Waals surface area contributed by atoms with Gasteiger partial charge in [-0.15, -0.1) is 0 Å². The smallest absolute Gasteiger partial charge is 0.242 e. The zero-order valence-electron chi connectivity index (χ0n) is 12.0. The summed E-state index contributed by atoms with van der Waals surface area (Å²) in [4.78, 5) is 18.8. The average Bonchev–Trinajstić information content (AvgIpc) is 3.20. The lowest BCUT2D eigenvalue weighted by Crippen LogP contribution is -2.54. The molecular formula is C15H23N3O. The molecule has 4 heteroatoms. The normalized spacial score (nSPS) is 15.3. The molecule has 0 spiro atoms. The van der Waals surface area contributed by atoms with E-state index in [1.165, 1.54) is 0 Å². The van der Waals surface area contributed by atoms with Crippen LogP contribution in [-0.2, 0) is 11.3 Å². The van der Waals surface area contributed by atoms with E-state index in [1.54, 1.807) is 6.20 Å². The average molecular weight is 261 g/mol. The Kier molecular flexibility index (Phi) is 4.20. The molecule has 4 nitrogen and oxygen atoms in total. The van der Waals surface area contributed by atoms with E-state index in [9.17, 15) is 4.79 Å². The molecule has 0 unspecified atom stereocenters. The van der Waals surface area contributed by atoms with Crippen molar-refractivity contribution < 1.29 is 4.79 Å². The fourth-order valence-corrected chi connectivity index (χ4v) is 2.32. The van der Waals surface area contributed by atoms with E-state index in [4.69, 9.17) is 0 Å². The molecule has 1 amide bonds. The van der Waals surface area contributed by atoms with Gasteiger partial charge >= 0.3 is 0 Å². The summed E-state index contributed by atoms with van der Waals surface area (Å²) in [7, 11) is 0. The van der Waals surface area contributed by atoms with Crippen LogP contribution in [-0.4, -0.2) is 33.9 Å². The van der Waals surface area contributed by atoms with Crippen molar-refractivity contribution in [2.24, 2.45) is 0 Å². The van der Waals surface area contributed by atoms with Gasteiger partial charge in [-0.2, -0.15) is 0 Å². The number of carbonyl (C=O) groups excluding carboxylic acids is 1. The Bertz CT molecular complexity index is 426. The molecule has 0 aromatic carbocycles. The number of amides is 1. The maximum Gasteiger partial charge on any atom is 0.242 e. The summed E-state index contributed by atoms with van der Waals surface area (Å²) in [6.07, 6.45) is 5.83. The quantitative estimate of drug-likeness (QED) is 0.851. The molecule has 104 valence electrons. The first-order valence-corrected chi connectivity index (χ1v) is 6.99. The van der Waals surface area contributed by atoms with Crippen LogP contribution in [0.3, 0.4) is 0 Å². The van der Waals surface area contributed by atoms with Gasteiger partial charge in [0.25, 0.3) is 0 Å². The highest BCUT2D eigenvalue weighted by Crippen LogP contribution is 2.30. The first kappa shape index (κ1) is 14.0. The molecule has 1 fully saturated rings. The van der Waals surface area contributed by atoms with Gasteiger partial charge in [-0.05, 0) is 44.9 Å². The van der Waals surface area contributed by atoms with Crippen molar-refractivity contribution in [3.8, 4) is 0 Å². The predicted octanol–water partition coefficient (Wildman–Crippen LogP) is 1.96.